The van der Waals surface area contributed by atoms with Gasteiger partial charge in [-0.05, 0) is 46.6 Å². The topological polar surface area (TPSA) is 97.9 Å². The predicted molar refractivity (Wildman–Crippen MR) is 133 cm³/mol. The Hall–Kier alpha value is -1.22. The van der Waals surface area contributed by atoms with Crippen LogP contribution >= 0.6 is 0 Å². The van der Waals surface area contributed by atoms with Crippen LogP contribution in [-0.2, 0) is 23.8 Å². The zero-order valence-corrected chi connectivity index (χ0v) is 22.5. The van der Waals surface area contributed by atoms with E-state index in [4.69, 9.17) is 14.2 Å². The number of likely N-dealkylation sites (N-methyl/N-ethyl adjacent to an activating group) is 1. The number of ether oxygens (including phenoxy) is 3. The standard InChI is InChI=1S/C25H51N3O5/c1-9-16-31-17-11-23(2,3)21(29)27-13-10-25(6,7)33-18-12-24(4,5)22(30)28-15-20-32-19-14-26-8/h26H,9-20H2,1-8H3,(H,27,29)(H,28,30). The Labute approximate surface area is 202 Å². The molecule has 8 heteroatoms. The van der Waals surface area contributed by atoms with Crippen LogP contribution in [0.2, 0.25) is 0 Å². The normalized spacial score (nSPS) is 12.6. The van der Waals surface area contributed by atoms with Gasteiger partial charge >= 0.3 is 0 Å². The summed E-state index contributed by atoms with van der Waals surface area (Å²) >= 11 is 0. The summed E-state index contributed by atoms with van der Waals surface area (Å²) in [6.45, 7) is 18.6. The molecule has 0 aromatic rings. The average Bonchev–Trinajstić information content (AvgIpc) is 2.73. The Morgan fingerprint density at radius 3 is 1.76 bits per heavy atom. The summed E-state index contributed by atoms with van der Waals surface area (Å²) in [5.41, 5.74) is -1.39. The summed E-state index contributed by atoms with van der Waals surface area (Å²) in [5.74, 6) is 0.0321. The van der Waals surface area contributed by atoms with Gasteiger partial charge < -0.3 is 30.2 Å². The molecule has 0 heterocycles. The van der Waals surface area contributed by atoms with Crippen LogP contribution in [0.3, 0.4) is 0 Å². The molecule has 2 amide bonds. The van der Waals surface area contributed by atoms with Crippen molar-refractivity contribution in [1.29, 1.82) is 0 Å². The number of carbonyl (C=O) groups excluding carboxylic acids is 2. The van der Waals surface area contributed by atoms with Crippen LogP contribution in [0.5, 0.6) is 0 Å². The monoisotopic (exact) mass is 473 g/mol. The molecule has 196 valence electrons. The highest BCUT2D eigenvalue weighted by Crippen LogP contribution is 2.24. The van der Waals surface area contributed by atoms with Gasteiger partial charge in [0, 0.05) is 50.3 Å². The van der Waals surface area contributed by atoms with E-state index in [2.05, 4.69) is 22.9 Å². The second-order valence-corrected chi connectivity index (χ2v) is 10.5. The third-order valence-electron chi connectivity index (χ3n) is 5.71. The van der Waals surface area contributed by atoms with E-state index >= 15 is 0 Å². The van der Waals surface area contributed by atoms with E-state index in [0.29, 0.717) is 58.8 Å². The van der Waals surface area contributed by atoms with Gasteiger partial charge in [0.05, 0.1) is 18.8 Å². The molecule has 0 unspecified atom stereocenters. The maximum absolute atomic E-state index is 12.5. The quantitative estimate of drug-likeness (QED) is 0.235. The minimum absolute atomic E-state index is 0.00136. The van der Waals surface area contributed by atoms with Crippen molar-refractivity contribution in [3.05, 3.63) is 0 Å². The minimum Gasteiger partial charge on any atom is -0.381 e. The van der Waals surface area contributed by atoms with Gasteiger partial charge in [-0.15, -0.1) is 0 Å². The van der Waals surface area contributed by atoms with Crippen molar-refractivity contribution in [3.8, 4) is 0 Å². The van der Waals surface area contributed by atoms with Crippen molar-refractivity contribution in [2.24, 2.45) is 10.8 Å². The molecular weight excluding hydrogens is 422 g/mol. The van der Waals surface area contributed by atoms with Gasteiger partial charge in [-0.3, -0.25) is 9.59 Å². The van der Waals surface area contributed by atoms with Crippen molar-refractivity contribution >= 4 is 11.8 Å². The van der Waals surface area contributed by atoms with Gasteiger partial charge in [0.2, 0.25) is 11.8 Å². The summed E-state index contributed by atoms with van der Waals surface area (Å²) < 4.78 is 17.0. The van der Waals surface area contributed by atoms with E-state index < -0.39 is 16.4 Å². The fraction of sp³-hybridized carbons (Fsp3) is 0.920. The van der Waals surface area contributed by atoms with Crippen molar-refractivity contribution < 1.29 is 23.8 Å². The molecule has 0 radical (unpaired) electrons. The van der Waals surface area contributed by atoms with Crippen LogP contribution in [0, 0.1) is 10.8 Å². The Morgan fingerprint density at radius 1 is 0.667 bits per heavy atom. The van der Waals surface area contributed by atoms with Gasteiger partial charge in [-0.2, -0.15) is 0 Å². The molecule has 8 nitrogen and oxygen atoms in total. The van der Waals surface area contributed by atoms with Gasteiger partial charge in [0.1, 0.15) is 0 Å². The third kappa shape index (κ3) is 15.3. The van der Waals surface area contributed by atoms with Crippen LogP contribution in [0.25, 0.3) is 0 Å². The smallest absolute Gasteiger partial charge is 0.225 e. The van der Waals surface area contributed by atoms with E-state index in [0.717, 1.165) is 19.6 Å². The van der Waals surface area contributed by atoms with Crippen LogP contribution in [0.15, 0.2) is 0 Å². The summed E-state index contributed by atoms with van der Waals surface area (Å²) in [6.07, 6.45) is 2.98. The number of carbonyl (C=O) groups is 2. The maximum atomic E-state index is 12.5. The first kappa shape index (κ1) is 31.8. The molecule has 0 saturated heterocycles. The SMILES string of the molecule is CCCOCCC(C)(C)C(=O)NCCC(C)(C)OCCC(C)(C)C(=O)NCCOCCNC. The number of nitrogens with one attached hydrogen (secondary N) is 3. The average molecular weight is 474 g/mol. The first-order chi connectivity index (χ1) is 15.4. The van der Waals surface area contributed by atoms with Crippen molar-refractivity contribution in [2.75, 3.05) is 59.7 Å². The lowest BCUT2D eigenvalue weighted by atomic mass is 9.88. The molecule has 0 aliphatic carbocycles. The molecule has 33 heavy (non-hydrogen) atoms. The van der Waals surface area contributed by atoms with E-state index in [9.17, 15) is 9.59 Å². The Balaban J connectivity index is 4.20. The third-order valence-corrected chi connectivity index (χ3v) is 5.71. The van der Waals surface area contributed by atoms with Crippen LogP contribution in [0.4, 0.5) is 0 Å². The van der Waals surface area contributed by atoms with E-state index in [1.165, 1.54) is 0 Å². The fourth-order valence-electron chi connectivity index (χ4n) is 2.92. The lowest BCUT2D eigenvalue weighted by Crippen LogP contribution is -2.41. The molecule has 0 aliphatic heterocycles. The number of rotatable bonds is 20. The Morgan fingerprint density at radius 2 is 1.18 bits per heavy atom. The summed E-state index contributed by atoms with van der Waals surface area (Å²) in [5, 5.41) is 8.98. The van der Waals surface area contributed by atoms with E-state index in [-0.39, 0.29) is 11.8 Å². The molecule has 0 rings (SSSR count). The number of hydrogen-bond acceptors (Lipinski definition) is 6. The highest BCUT2D eigenvalue weighted by atomic mass is 16.5. The minimum atomic E-state index is -0.529. The second kappa shape index (κ2) is 16.4. The highest BCUT2D eigenvalue weighted by molar-refractivity contribution is 5.82. The molecule has 0 aromatic heterocycles. The Kier molecular flexibility index (Phi) is 15.8. The summed E-state index contributed by atoms with van der Waals surface area (Å²) in [6, 6.07) is 0. The molecule has 0 bridgehead atoms. The molecule has 0 saturated carbocycles. The molecule has 3 N–H and O–H groups in total. The Bertz CT molecular complexity index is 550. The van der Waals surface area contributed by atoms with Crippen molar-refractivity contribution in [2.45, 2.75) is 79.8 Å². The van der Waals surface area contributed by atoms with Gasteiger partial charge in [-0.25, -0.2) is 0 Å². The predicted octanol–water partition coefficient (Wildman–Crippen LogP) is 2.90. The lowest BCUT2D eigenvalue weighted by Gasteiger charge is -2.30. The molecule has 0 aromatic carbocycles. The fourth-order valence-corrected chi connectivity index (χ4v) is 2.92. The molecule has 0 spiro atoms. The molecular formula is C25H51N3O5. The van der Waals surface area contributed by atoms with Gasteiger partial charge in [-0.1, -0.05) is 34.6 Å². The van der Waals surface area contributed by atoms with Crippen molar-refractivity contribution in [1.82, 2.24) is 16.0 Å². The second-order valence-electron chi connectivity index (χ2n) is 10.5. The van der Waals surface area contributed by atoms with Crippen molar-refractivity contribution in [3.63, 3.8) is 0 Å². The van der Waals surface area contributed by atoms with Crippen LogP contribution < -0.4 is 16.0 Å². The summed E-state index contributed by atoms with van der Waals surface area (Å²) in [4.78, 5) is 25.0. The number of amides is 2. The first-order valence-electron chi connectivity index (χ1n) is 12.4. The van der Waals surface area contributed by atoms with Crippen LogP contribution in [0.1, 0.15) is 74.1 Å². The summed E-state index contributed by atoms with van der Waals surface area (Å²) in [7, 11) is 1.88. The zero-order valence-electron chi connectivity index (χ0n) is 22.5. The highest BCUT2D eigenvalue weighted by Gasteiger charge is 2.30. The van der Waals surface area contributed by atoms with Crippen LogP contribution in [-0.4, -0.2) is 77.1 Å². The van der Waals surface area contributed by atoms with E-state index in [1.807, 2.05) is 48.6 Å². The van der Waals surface area contributed by atoms with E-state index in [1.54, 1.807) is 0 Å². The molecule has 0 fully saturated rings. The van der Waals surface area contributed by atoms with Gasteiger partial charge in [0.15, 0.2) is 0 Å². The molecule has 0 aliphatic rings. The lowest BCUT2D eigenvalue weighted by molar-refractivity contribution is -0.132. The number of hydrogen-bond donors (Lipinski definition) is 3. The zero-order chi connectivity index (χ0) is 25.4. The molecule has 0 atom stereocenters. The maximum Gasteiger partial charge on any atom is 0.225 e. The van der Waals surface area contributed by atoms with Gasteiger partial charge in [0.25, 0.3) is 0 Å². The largest absolute Gasteiger partial charge is 0.381 e. The first-order valence-corrected chi connectivity index (χ1v) is 12.4.